The van der Waals surface area contributed by atoms with E-state index in [2.05, 4.69) is 53.9 Å². The van der Waals surface area contributed by atoms with Gasteiger partial charge in [0.25, 0.3) is 0 Å². The number of allylic oxidation sites excluding steroid dienone is 1. The number of nitrogens with one attached hydrogen (secondary N) is 1. The van der Waals surface area contributed by atoms with Crippen molar-refractivity contribution in [1.29, 1.82) is 0 Å². The van der Waals surface area contributed by atoms with E-state index < -0.39 is 5.60 Å². The van der Waals surface area contributed by atoms with Crippen LogP contribution in [0.3, 0.4) is 0 Å². The van der Waals surface area contributed by atoms with Gasteiger partial charge in [0.15, 0.2) is 0 Å². The molecule has 5 rings (SSSR count). The van der Waals surface area contributed by atoms with Crippen molar-refractivity contribution in [1.82, 2.24) is 19.7 Å². The van der Waals surface area contributed by atoms with Gasteiger partial charge in [-0.05, 0) is 62.6 Å². The number of fused-ring (bicyclic) bond motifs is 6. The minimum atomic E-state index is -0.541. The van der Waals surface area contributed by atoms with Crippen molar-refractivity contribution in [2.75, 3.05) is 19.6 Å². The summed E-state index contributed by atoms with van der Waals surface area (Å²) in [5.41, 5.74) is 6.24. The molecule has 2 aromatic carbocycles. The summed E-state index contributed by atoms with van der Waals surface area (Å²) < 4.78 is 7.83. The first-order chi connectivity index (χ1) is 19.1. The number of carbonyl (C=O) groups excluding carboxylic acids is 2. The van der Waals surface area contributed by atoms with E-state index in [0.29, 0.717) is 38.3 Å². The van der Waals surface area contributed by atoms with Gasteiger partial charge in [0.2, 0.25) is 0 Å². The van der Waals surface area contributed by atoms with Crippen LogP contribution >= 0.6 is 0 Å². The molecule has 2 aliphatic rings. The average Bonchev–Trinajstić information content (AvgIpc) is 3.23. The van der Waals surface area contributed by atoms with Crippen molar-refractivity contribution in [2.45, 2.75) is 51.8 Å². The SMILES string of the molecule is C=CC(=C)NCCCN1C(=C)C2CN(Cc3c2c2ccccc2n3Cc2ccc(C(=O)OC(C)(C)C)cc2)C1=O. The van der Waals surface area contributed by atoms with Gasteiger partial charge >= 0.3 is 12.0 Å². The first kappa shape index (κ1) is 27.3. The highest BCUT2D eigenvalue weighted by Crippen LogP contribution is 2.44. The lowest BCUT2D eigenvalue weighted by Crippen LogP contribution is -2.53. The first-order valence-corrected chi connectivity index (χ1v) is 13.8. The monoisotopic (exact) mass is 538 g/mol. The van der Waals surface area contributed by atoms with E-state index in [1.54, 1.807) is 6.08 Å². The van der Waals surface area contributed by atoms with Crippen molar-refractivity contribution in [3.63, 3.8) is 0 Å². The number of carbonyl (C=O) groups is 2. The Morgan fingerprint density at radius 2 is 1.88 bits per heavy atom. The highest BCUT2D eigenvalue weighted by Gasteiger charge is 2.42. The number of rotatable bonds is 9. The minimum Gasteiger partial charge on any atom is -0.456 e. The second-order valence-electron chi connectivity index (χ2n) is 11.5. The van der Waals surface area contributed by atoms with Gasteiger partial charge in [-0.3, -0.25) is 4.90 Å². The fourth-order valence-corrected chi connectivity index (χ4v) is 5.64. The van der Waals surface area contributed by atoms with Crippen molar-refractivity contribution in [3.05, 3.63) is 108 Å². The highest BCUT2D eigenvalue weighted by atomic mass is 16.6. The number of urea groups is 1. The second kappa shape index (κ2) is 10.7. The van der Waals surface area contributed by atoms with Crippen LogP contribution in [0.25, 0.3) is 10.9 Å². The zero-order valence-electron chi connectivity index (χ0n) is 23.7. The zero-order valence-corrected chi connectivity index (χ0v) is 23.7. The van der Waals surface area contributed by atoms with Gasteiger partial charge in [0.1, 0.15) is 5.60 Å². The molecular formula is C33H38N4O3. The van der Waals surface area contributed by atoms with Gasteiger partial charge < -0.3 is 19.5 Å². The van der Waals surface area contributed by atoms with E-state index in [4.69, 9.17) is 4.74 Å². The minimum absolute atomic E-state index is 0.00738. The van der Waals surface area contributed by atoms with Crippen LogP contribution in [0.4, 0.5) is 4.79 Å². The van der Waals surface area contributed by atoms with Crippen LogP contribution < -0.4 is 5.32 Å². The molecule has 3 heterocycles. The van der Waals surface area contributed by atoms with E-state index in [1.807, 2.05) is 54.8 Å². The topological polar surface area (TPSA) is 66.8 Å². The van der Waals surface area contributed by atoms with Crippen molar-refractivity contribution in [2.24, 2.45) is 0 Å². The Kier molecular flexibility index (Phi) is 7.32. The van der Waals surface area contributed by atoms with Crippen molar-refractivity contribution in [3.8, 4) is 0 Å². The number of hydrogen-bond acceptors (Lipinski definition) is 4. The molecule has 3 aromatic rings. The molecule has 2 amide bonds. The number of aromatic nitrogens is 1. The molecule has 2 aliphatic heterocycles. The van der Waals surface area contributed by atoms with Crippen LogP contribution in [0, 0.1) is 0 Å². The Bertz CT molecular complexity index is 1490. The molecule has 0 spiro atoms. The number of para-hydroxylation sites is 1. The molecule has 0 aliphatic carbocycles. The molecule has 1 unspecified atom stereocenters. The lowest BCUT2D eigenvalue weighted by molar-refractivity contribution is 0.00694. The van der Waals surface area contributed by atoms with Crippen molar-refractivity contribution >= 4 is 22.9 Å². The molecule has 1 atom stereocenters. The molecule has 0 saturated carbocycles. The third kappa shape index (κ3) is 5.28. The van der Waals surface area contributed by atoms with Gasteiger partial charge in [0, 0.05) is 60.1 Å². The largest absolute Gasteiger partial charge is 0.456 e. The van der Waals surface area contributed by atoms with Gasteiger partial charge in [0.05, 0.1) is 12.1 Å². The Morgan fingerprint density at radius 3 is 2.58 bits per heavy atom. The number of nitrogens with zero attached hydrogens (tertiary/aromatic N) is 3. The number of ether oxygens (including phenoxy) is 1. The van der Waals surface area contributed by atoms with Crippen LogP contribution in [-0.2, 0) is 17.8 Å². The highest BCUT2D eigenvalue weighted by molar-refractivity contribution is 5.90. The van der Waals surface area contributed by atoms with E-state index in [9.17, 15) is 9.59 Å². The second-order valence-corrected chi connectivity index (χ2v) is 11.5. The normalized spacial score (nSPS) is 16.6. The van der Waals surface area contributed by atoms with Gasteiger partial charge in [-0.25, -0.2) is 9.59 Å². The number of esters is 1. The Hall–Kier alpha value is -4.26. The van der Waals surface area contributed by atoms with Crippen LogP contribution in [0.5, 0.6) is 0 Å². The molecule has 1 N–H and O–H groups in total. The average molecular weight is 539 g/mol. The maximum absolute atomic E-state index is 13.5. The van der Waals surface area contributed by atoms with Crippen LogP contribution in [0.2, 0.25) is 0 Å². The molecule has 40 heavy (non-hydrogen) atoms. The smallest absolute Gasteiger partial charge is 0.338 e. The molecule has 1 aromatic heterocycles. The van der Waals surface area contributed by atoms with Crippen LogP contribution in [0.15, 0.2) is 85.7 Å². The quantitative estimate of drug-likeness (QED) is 0.201. The first-order valence-electron chi connectivity index (χ1n) is 13.8. The third-order valence-electron chi connectivity index (χ3n) is 7.55. The van der Waals surface area contributed by atoms with E-state index in [1.165, 1.54) is 10.9 Å². The van der Waals surface area contributed by atoms with Crippen LogP contribution in [-0.4, -0.2) is 51.6 Å². The Morgan fingerprint density at radius 1 is 1.15 bits per heavy atom. The maximum Gasteiger partial charge on any atom is 0.338 e. The lowest BCUT2D eigenvalue weighted by Gasteiger charge is -2.45. The fourth-order valence-electron chi connectivity index (χ4n) is 5.64. The summed E-state index contributed by atoms with van der Waals surface area (Å²) in [5, 5.41) is 4.42. The Labute approximate surface area is 236 Å². The summed E-state index contributed by atoms with van der Waals surface area (Å²) in [6.45, 7) is 20.7. The molecule has 208 valence electrons. The summed E-state index contributed by atoms with van der Waals surface area (Å²) in [5.74, 6) is -0.287. The summed E-state index contributed by atoms with van der Waals surface area (Å²) in [7, 11) is 0. The summed E-state index contributed by atoms with van der Waals surface area (Å²) in [6, 6.07) is 16.0. The van der Waals surface area contributed by atoms with Gasteiger partial charge in [-0.15, -0.1) is 0 Å². The molecule has 7 nitrogen and oxygen atoms in total. The standard InChI is InChI=1S/C33H38N4O3/c1-7-22(2)34-17-10-18-36-23(3)27-20-35(32(36)39)21-29-30(27)26-11-8-9-12-28(26)37(29)19-24-13-15-25(16-14-24)31(38)40-33(4,5)6/h7-9,11-16,27,34H,1-3,10,17-21H2,4-6H3. The van der Waals surface area contributed by atoms with Gasteiger partial charge in [-0.1, -0.05) is 50.1 Å². The third-order valence-corrected chi connectivity index (χ3v) is 7.55. The van der Waals surface area contributed by atoms with E-state index in [0.717, 1.165) is 34.6 Å². The lowest BCUT2D eigenvalue weighted by atomic mass is 9.87. The molecule has 2 bridgehead atoms. The Balaban J connectivity index is 1.42. The van der Waals surface area contributed by atoms with E-state index >= 15 is 0 Å². The molecule has 1 saturated heterocycles. The summed E-state index contributed by atoms with van der Waals surface area (Å²) >= 11 is 0. The summed E-state index contributed by atoms with van der Waals surface area (Å²) in [4.78, 5) is 29.8. The number of amides is 2. The molecular weight excluding hydrogens is 500 g/mol. The predicted molar refractivity (Wildman–Crippen MR) is 159 cm³/mol. The predicted octanol–water partition coefficient (Wildman–Crippen LogP) is 6.17. The summed E-state index contributed by atoms with van der Waals surface area (Å²) in [6.07, 6.45) is 2.47. The number of hydrogen-bond donors (Lipinski definition) is 1. The fraction of sp³-hybridized carbons (Fsp3) is 0.333. The molecule has 0 radical (unpaired) electrons. The number of benzene rings is 2. The zero-order chi connectivity index (χ0) is 28.6. The van der Waals surface area contributed by atoms with Gasteiger partial charge in [-0.2, -0.15) is 0 Å². The molecule has 1 fully saturated rings. The van der Waals surface area contributed by atoms with E-state index in [-0.39, 0.29) is 17.9 Å². The van der Waals surface area contributed by atoms with Crippen molar-refractivity contribution < 1.29 is 14.3 Å². The molecule has 7 heteroatoms. The van der Waals surface area contributed by atoms with Crippen LogP contribution in [0.1, 0.15) is 60.3 Å². The maximum atomic E-state index is 13.5.